The number of nitrogens with zero attached hydrogens (tertiary/aromatic N) is 1. The Bertz CT molecular complexity index is 643. The van der Waals surface area contributed by atoms with E-state index in [2.05, 4.69) is 4.74 Å². The lowest BCUT2D eigenvalue weighted by Gasteiger charge is -2.22. The molecule has 0 spiro atoms. The van der Waals surface area contributed by atoms with Gasteiger partial charge in [-0.05, 0) is 17.7 Å². The van der Waals surface area contributed by atoms with E-state index in [0.717, 1.165) is 5.56 Å². The molecule has 0 unspecified atom stereocenters. The minimum Gasteiger partial charge on any atom is -0.484 e. The molecule has 5 nitrogen and oxygen atoms in total. The van der Waals surface area contributed by atoms with Gasteiger partial charge in [-0.1, -0.05) is 48.5 Å². The van der Waals surface area contributed by atoms with E-state index in [9.17, 15) is 9.59 Å². The van der Waals surface area contributed by atoms with Crippen LogP contribution in [0.4, 0.5) is 0 Å². The Kier molecular flexibility index (Phi) is 6.83. The van der Waals surface area contributed by atoms with Gasteiger partial charge in [-0.25, -0.2) is 0 Å². The number of benzene rings is 2. The van der Waals surface area contributed by atoms with Gasteiger partial charge in [0.2, 0.25) is 0 Å². The summed E-state index contributed by atoms with van der Waals surface area (Å²) in [5.41, 5.74) is 0.996. The highest BCUT2D eigenvalue weighted by molar-refractivity contribution is 5.78. The van der Waals surface area contributed by atoms with Crippen LogP contribution in [0.5, 0.6) is 5.75 Å². The van der Waals surface area contributed by atoms with E-state index in [0.29, 0.717) is 18.8 Å². The van der Waals surface area contributed by atoms with Crippen LogP contribution in [0.3, 0.4) is 0 Å². The molecule has 126 valence electrons. The summed E-state index contributed by atoms with van der Waals surface area (Å²) in [7, 11) is 1.34. The van der Waals surface area contributed by atoms with Gasteiger partial charge in [0.05, 0.1) is 13.5 Å². The Morgan fingerprint density at radius 3 is 2.21 bits per heavy atom. The number of methoxy groups -OCH3 is 1. The molecule has 0 aromatic heterocycles. The molecule has 0 aliphatic rings. The van der Waals surface area contributed by atoms with Gasteiger partial charge in [-0.3, -0.25) is 9.59 Å². The second-order valence-electron chi connectivity index (χ2n) is 5.23. The second-order valence-corrected chi connectivity index (χ2v) is 5.23. The first-order valence-electron chi connectivity index (χ1n) is 7.75. The van der Waals surface area contributed by atoms with Crippen molar-refractivity contribution in [1.82, 2.24) is 4.90 Å². The van der Waals surface area contributed by atoms with Gasteiger partial charge >= 0.3 is 5.97 Å². The Morgan fingerprint density at radius 1 is 0.958 bits per heavy atom. The minimum absolute atomic E-state index is 0.0714. The number of rotatable bonds is 8. The maximum absolute atomic E-state index is 12.5. The fourth-order valence-electron chi connectivity index (χ4n) is 2.18. The van der Waals surface area contributed by atoms with Crippen LogP contribution in [0.25, 0.3) is 0 Å². The summed E-state index contributed by atoms with van der Waals surface area (Å²) < 4.78 is 10.2. The van der Waals surface area contributed by atoms with Crippen molar-refractivity contribution in [2.75, 3.05) is 20.3 Å². The molecule has 0 saturated heterocycles. The number of amides is 1. The van der Waals surface area contributed by atoms with Crippen LogP contribution in [0.1, 0.15) is 12.0 Å². The average molecular weight is 327 g/mol. The number of ether oxygens (including phenoxy) is 2. The summed E-state index contributed by atoms with van der Waals surface area (Å²) in [5, 5.41) is 0. The van der Waals surface area contributed by atoms with Crippen molar-refractivity contribution < 1.29 is 19.1 Å². The van der Waals surface area contributed by atoms with E-state index in [1.165, 1.54) is 7.11 Å². The van der Waals surface area contributed by atoms with Crippen LogP contribution >= 0.6 is 0 Å². The third kappa shape index (κ3) is 5.76. The Balaban J connectivity index is 1.97. The molecule has 0 aliphatic carbocycles. The summed E-state index contributed by atoms with van der Waals surface area (Å²) >= 11 is 0. The van der Waals surface area contributed by atoms with Crippen molar-refractivity contribution in [3.63, 3.8) is 0 Å². The standard InChI is InChI=1S/C19H21NO4/c1-23-19(22)12-13-20(14-16-8-4-2-5-9-16)18(21)15-24-17-10-6-3-7-11-17/h2-11H,12-15H2,1H3. The molecule has 0 fully saturated rings. The van der Waals surface area contributed by atoms with Crippen LogP contribution in [-0.4, -0.2) is 37.0 Å². The van der Waals surface area contributed by atoms with Crippen molar-refractivity contribution >= 4 is 11.9 Å². The fourth-order valence-corrected chi connectivity index (χ4v) is 2.18. The normalized spacial score (nSPS) is 10.0. The highest BCUT2D eigenvalue weighted by Gasteiger charge is 2.16. The largest absolute Gasteiger partial charge is 0.484 e. The molecular weight excluding hydrogens is 306 g/mol. The van der Waals surface area contributed by atoms with Crippen molar-refractivity contribution in [2.24, 2.45) is 0 Å². The van der Waals surface area contributed by atoms with Gasteiger partial charge in [-0.2, -0.15) is 0 Å². The molecule has 5 heteroatoms. The molecule has 0 radical (unpaired) electrons. The van der Waals surface area contributed by atoms with Crippen molar-refractivity contribution in [3.8, 4) is 5.75 Å². The third-order valence-corrected chi connectivity index (χ3v) is 3.49. The zero-order valence-electron chi connectivity index (χ0n) is 13.7. The quantitative estimate of drug-likeness (QED) is 0.700. The minimum atomic E-state index is -0.343. The van der Waals surface area contributed by atoms with Gasteiger partial charge in [0, 0.05) is 13.1 Å². The third-order valence-electron chi connectivity index (χ3n) is 3.49. The first-order valence-corrected chi connectivity index (χ1v) is 7.75. The maximum atomic E-state index is 12.5. The Hall–Kier alpha value is -2.82. The van der Waals surface area contributed by atoms with E-state index in [4.69, 9.17) is 4.74 Å². The van der Waals surface area contributed by atoms with Crippen molar-refractivity contribution in [1.29, 1.82) is 0 Å². The number of hydrogen-bond acceptors (Lipinski definition) is 4. The molecule has 0 bridgehead atoms. The summed E-state index contributed by atoms with van der Waals surface area (Å²) in [6.45, 7) is 0.644. The Labute approximate surface area is 141 Å². The van der Waals surface area contributed by atoms with Gasteiger partial charge in [-0.15, -0.1) is 0 Å². The number of carbonyl (C=O) groups excluding carboxylic acids is 2. The molecular formula is C19H21NO4. The molecule has 2 rings (SSSR count). The number of esters is 1. The summed E-state index contributed by atoms with van der Waals surface area (Å²) in [4.78, 5) is 25.5. The molecule has 0 aliphatic heterocycles. The number of hydrogen-bond donors (Lipinski definition) is 0. The zero-order valence-corrected chi connectivity index (χ0v) is 13.7. The first kappa shape index (κ1) is 17.5. The van der Waals surface area contributed by atoms with Crippen LogP contribution in [-0.2, 0) is 20.9 Å². The molecule has 24 heavy (non-hydrogen) atoms. The first-order chi connectivity index (χ1) is 11.7. The topological polar surface area (TPSA) is 55.8 Å². The molecule has 2 aromatic rings. The summed E-state index contributed by atoms with van der Waals surface area (Å²) in [6, 6.07) is 18.8. The predicted octanol–water partition coefficient (Wildman–Crippen LogP) is 2.66. The highest BCUT2D eigenvalue weighted by Crippen LogP contribution is 2.10. The monoisotopic (exact) mass is 327 g/mol. The van der Waals surface area contributed by atoms with Crippen LogP contribution < -0.4 is 4.74 Å². The zero-order chi connectivity index (χ0) is 17.2. The summed E-state index contributed by atoms with van der Waals surface area (Å²) in [6.07, 6.45) is 0.153. The Morgan fingerprint density at radius 2 is 1.58 bits per heavy atom. The lowest BCUT2D eigenvalue weighted by Crippen LogP contribution is -2.36. The van der Waals surface area contributed by atoms with Crippen LogP contribution in [0, 0.1) is 0 Å². The van der Waals surface area contributed by atoms with E-state index in [-0.39, 0.29) is 24.9 Å². The maximum Gasteiger partial charge on any atom is 0.307 e. The predicted molar refractivity (Wildman–Crippen MR) is 90.4 cm³/mol. The van der Waals surface area contributed by atoms with Gasteiger partial charge in [0.15, 0.2) is 6.61 Å². The van der Waals surface area contributed by atoms with E-state index < -0.39 is 0 Å². The lowest BCUT2D eigenvalue weighted by atomic mass is 10.2. The molecule has 2 aromatic carbocycles. The number of para-hydroxylation sites is 1. The van der Waals surface area contributed by atoms with Crippen molar-refractivity contribution in [3.05, 3.63) is 66.2 Å². The molecule has 0 saturated carbocycles. The fraction of sp³-hybridized carbons (Fsp3) is 0.263. The smallest absolute Gasteiger partial charge is 0.307 e. The average Bonchev–Trinajstić information content (AvgIpc) is 2.64. The number of carbonyl (C=O) groups is 2. The van der Waals surface area contributed by atoms with Crippen LogP contribution in [0.2, 0.25) is 0 Å². The SMILES string of the molecule is COC(=O)CCN(Cc1ccccc1)C(=O)COc1ccccc1. The molecule has 1 amide bonds. The van der Waals surface area contributed by atoms with E-state index in [1.807, 2.05) is 48.5 Å². The second kappa shape index (κ2) is 9.35. The molecule has 0 atom stereocenters. The molecule has 0 N–H and O–H groups in total. The lowest BCUT2D eigenvalue weighted by molar-refractivity contribution is -0.142. The van der Waals surface area contributed by atoms with Crippen molar-refractivity contribution in [2.45, 2.75) is 13.0 Å². The van der Waals surface area contributed by atoms with Gasteiger partial charge < -0.3 is 14.4 Å². The van der Waals surface area contributed by atoms with E-state index in [1.54, 1.807) is 17.0 Å². The van der Waals surface area contributed by atoms with E-state index >= 15 is 0 Å². The van der Waals surface area contributed by atoms with Crippen LogP contribution in [0.15, 0.2) is 60.7 Å². The molecule has 0 heterocycles. The highest BCUT2D eigenvalue weighted by atomic mass is 16.5. The summed E-state index contributed by atoms with van der Waals surface area (Å²) in [5.74, 6) is 0.120. The van der Waals surface area contributed by atoms with Gasteiger partial charge in [0.25, 0.3) is 5.91 Å². The van der Waals surface area contributed by atoms with Gasteiger partial charge in [0.1, 0.15) is 5.75 Å².